The van der Waals surface area contributed by atoms with Crippen molar-refractivity contribution in [2.75, 3.05) is 32.5 Å². The van der Waals surface area contributed by atoms with E-state index in [4.69, 9.17) is 26.4 Å². The molecule has 42 heavy (non-hydrogen) atoms. The van der Waals surface area contributed by atoms with Crippen molar-refractivity contribution >= 4 is 17.6 Å². The van der Waals surface area contributed by atoms with Gasteiger partial charge in [-0.3, -0.25) is 5.41 Å². The number of urea groups is 1. The van der Waals surface area contributed by atoms with Crippen LogP contribution >= 0.6 is 0 Å². The van der Waals surface area contributed by atoms with Crippen LogP contribution in [-0.2, 0) is 22.6 Å². The van der Waals surface area contributed by atoms with Crippen LogP contribution in [0.4, 0.5) is 10.5 Å². The van der Waals surface area contributed by atoms with E-state index in [-0.39, 0.29) is 24.0 Å². The maximum Gasteiger partial charge on any atom is 0.320 e. The number of nitrogens with one attached hydrogen (secondary N) is 1. The average molecular weight is 576 g/mol. The van der Waals surface area contributed by atoms with Gasteiger partial charge in [0.2, 0.25) is 0 Å². The zero-order valence-electron chi connectivity index (χ0n) is 25.6. The molecule has 5 N–H and O–H groups in total. The zero-order chi connectivity index (χ0) is 30.9. The number of ether oxygens (including phenoxy) is 2. The molecule has 0 saturated carbocycles. The zero-order valence-corrected chi connectivity index (χ0v) is 25.6. The fourth-order valence-corrected chi connectivity index (χ4v) is 4.89. The van der Waals surface area contributed by atoms with Crippen LogP contribution in [-0.4, -0.2) is 60.6 Å². The minimum Gasteiger partial charge on any atom is -0.398 e. The molecule has 0 aliphatic heterocycles. The third-order valence-corrected chi connectivity index (χ3v) is 7.14. The molecule has 0 radical (unpaired) electrons. The number of benzene rings is 2. The van der Waals surface area contributed by atoms with E-state index in [2.05, 4.69) is 25.3 Å². The lowest BCUT2D eigenvalue weighted by Gasteiger charge is -2.38. The summed E-state index contributed by atoms with van der Waals surface area (Å²) in [7, 11) is 1.79. The minimum absolute atomic E-state index is 0.0918. The third kappa shape index (κ3) is 11.2. The maximum absolute atomic E-state index is 14.1. The molecule has 0 spiro atoms. The fraction of sp³-hybridized carbons (Fsp3) is 0.412. The largest absolute Gasteiger partial charge is 0.398 e. The third-order valence-electron chi connectivity index (χ3n) is 7.14. The van der Waals surface area contributed by atoms with Gasteiger partial charge in [0.05, 0.1) is 18.8 Å². The van der Waals surface area contributed by atoms with Crippen LogP contribution < -0.4 is 11.5 Å². The van der Waals surface area contributed by atoms with Gasteiger partial charge in [0.25, 0.3) is 0 Å². The molecule has 2 rings (SSSR count). The van der Waals surface area contributed by atoms with Crippen molar-refractivity contribution in [2.45, 2.75) is 64.8 Å². The first-order valence-electron chi connectivity index (χ1n) is 14.6. The molecule has 0 heterocycles. The summed E-state index contributed by atoms with van der Waals surface area (Å²) in [6, 6.07) is 15.2. The van der Waals surface area contributed by atoms with Gasteiger partial charge in [-0.2, -0.15) is 0 Å². The van der Waals surface area contributed by atoms with Crippen molar-refractivity contribution < 1.29 is 14.3 Å². The highest BCUT2D eigenvalue weighted by Crippen LogP contribution is 2.22. The first-order chi connectivity index (χ1) is 20.2. The number of carbonyl (C=O) groups excluding carboxylic acids is 1. The van der Waals surface area contributed by atoms with E-state index in [9.17, 15) is 4.79 Å². The van der Waals surface area contributed by atoms with Gasteiger partial charge in [-0.15, -0.1) is 0 Å². The summed E-state index contributed by atoms with van der Waals surface area (Å²) in [5.41, 5.74) is 15.7. The molecular formula is C34H49N5O3. The number of hydrogen-bond acceptors (Lipinski definition) is 5. The fourth-order valence-electron chi connectivity index (χ4n) is 4.89. The predicted octanol–water partition coefficient (Wildman–Crippen LogP) is 6.28. The van der Waals surface area contributed by atoms with E-state index >= 15 is 0 Å². The van der Waals surface area contributed by atoms with Gasteiger partial charge in [0, 0.05) is 44.6 Å². The van der Waals surface area contributed by atoms with Crippen LogP contribution in [0.1, 0.15) is 56.2 Å². The summed E-state index contributed by atoms with van der Waals surface area (Å²) in [5, 5.41) is 7.82. The average Bonchev–Trinajstić information content (AvgIpc) is 2.98. The van der Waals surface area contributed by atoms with E-state index < -0.39 is 0 Å². The van der Waals surface area contributed by atoms with Crippen LogP contribution in [0, 0.1) is 5.41 Å². The van der Waals surface area contributed by atoms with Gasteiger partial charge in [-0.25, -0.2) is 4.79 Å². The lowest BCUT2D eigenvalue weighted by Crippen LogP contribution is -2.51. The van der Waals surface area contributed by atoms with Crippen LogP contribution in [0.15, 0.2) is 85.5 Å². The minimum atomic E-state index is -0.169. The van der Waals surface area contributed by atoms with Crippen LogP contribution in [0.2, 0.25) is 0 Å². The van der Waals surface area contributed by atoms with Crippen LogP contribution in [0.5, 0.6) is 0 Å². The summed E-state index contributed by atoms with van der Waals surface area (Å²) < 4.78 is 11.9. The van der Waals surface area contributed by atoms with E-state index in [1.54, 1.807) is 30.2 Å². The summed E-state index contributed by atoms with van der Waals surface area (Å²) in [4.78, 5) is 17.7. The molecule has 2 amide bonds. The summed E-state index contributed by atoms with van der Waals surface area (Å²) in [6.45, 7) is 14.4. The molecule has 0 bridgehead atoms. The van der Waals surface area contributed by atoms with Crippen molar-refractivity contribution in [3.63, 3.8) is 0 Å². The second kappa shape index (κ2) is 18.5. The topological polar surface area (TPSA) is 118 Å². The molecule has 0 aromatic heterocycles. The van der Waals surface area contributed by atoms with Crippen molar-refractivity contribution in [3.05, 3.63) is 102 Å². The van der Waals surface area contributed by atoms with Gasteiger partial charge in [0.1, 0.15) is 5.84 Å². The number of allylic oxidation sites excluding steroid dienone is 4. The second-order valence-electron chi connectivity index (χ2n) is 10.4. The molecule has 0 aliphatic rings. The number of nitrogens with zero attached hydrogens (tertiary/aromatic N) is 2. The molecule has 228 valence electrons. The lowest BCUT2D eigenvalue weighted by molar-refractivity contribution is 0.00520. The van der Waals surface area contributed by atoms with Crippen LogP contribution in [0.25, 0.3) is 0 Å². The number of nitrogen functional groups attached to an aromatic ring is 2. The number of nitrogens with two attached hydrogens (primary N) is 2. The van der Waals surface area contributed by atoms with Gasteiger partial charge in [-0.05, 0) is 68.4 Å². The van der Waals surface area contributed by atoms with Gasteiger partial charge in [0.15, 0.2) is 0 Å². The van der Waals surface area contributed by atoms with Gasteiger partial charge in [-0.1, -0.05) is 67.8 Å². The molecule has 2 atom stereocenters. The Hall–Kier alpha value is -3.88. The van der Waals surface area contributed by atoms with Crippen molar-refractivity contribution in [1.82, 2.24) is 9.80 Å². The highest BCUT2D eigenvalue weighted by molar-refractivity contribution is 6.00. The Kier molecular flexibility index (Phi) is 15.1. The molecule has 2 aromatic carbocycles. The molecule has 0 fully saturated rings. The Balaban J connectivity index is 2.21. The molecular weight excluding hydrogens is 526 g/mol. The Morgan fingerprint density at radius 2 is 1.86 bits per heavy atom. The summed E-state index contributed by atoms with van der Waals surface area (Å²) in [6.07, 6.45) is 8.44. The standard InChI is InChI=1S/C34H49N5O3/c1-6-14-27(7-2)18-20-32(26(4)42-8-3)39(21-12-13-22-41-25-28-15-10-9-11-16-28)34(40)38(5)24-29-17-19-31(35)30(23-29)33(36)37/h6-7,9-11,14-17,19,23,26,32H,1-2,8,12-13,18,20-22,24-25,35H2,3-5H3,(H3,36,37)/b27-14+. The highest BCUT2D eigenvalue weighted by atomic mass is 16.5. The number of anilines is 1. The number of unbranched alkanes of at least 4 members (excludes halogenated alkanes) is 1. The normalized spacial score (nSPS) is 12.8. The number of amides is 2. The molecule has 0 saturated heterocycles. The van der Waals surface area contributed by atoms with E-state index in [0.29, 0.717) is 50.6 Å². The summed E-state index contributed by atoms with van der Waals surface area (Å²) >= 11 is 0. The Morgan fingerprint density at radius 1 is 1.12 bits per heavy atom. The highest BCUT2D eigenvalue weighted by Gasteiger charge is 2.30. The summed E-state index contributed by atoms with van der Waals surface area (Å²) in [5.74, 6) is -0.101. The lowest BCUT2D eigenvalue weighted by atomic mass is 9.99. The molecule has 8 nitrogen and oxygen atoms in total. The first kappa shape index (κ1) is 34.3. The van der Waals surface area contributed by atoms with Crippen molar-refractivity contribution in [1.29, 1.82) is 5.41 Å². The molecule has 8 heteroatoms. The number of amidine groups is 1. The number of hydrogen-bond donors (Lipinski definition) is 3. The number of rotatable bonds is 19. The Labute approximate surface area is 252 Å². The Bertz CT molecular complexity index is 1180. The SMILES string of the molecule is C=C/C=C(\C=C)CCC(C(C)OCC)N(CCCCOCc1ccccc1)C(=O)N(C)Cc1ccc(N)c(C(=N)N)c1. The van der Waals surface area contributed by atoms with Crippen LogP contribution in [0.3, 0.4) is 0 Å². The predicted molar refractivity (Wildman–Crippen MR) is 173 cm³/mol. The number of carbonyl (C=O) groups is 1. The molecule has 2 unspecified atom stereocenters. The first-order valence-corrected chi connectivity index (χ1v) is 14.6. The second-order valence-corrected chi connectivity index (χ2v) is 10.4. The molecule has 2 aromatic rings. The quantitative estimate of drug-likeness (QED) is 0.0599. The van der Waals surface area contributed by atoms with E-state index in [1.807, 2.05) is 55.2 Å². The van der Waals surface area contributed by atoms with E-state index in [1.165, 1.54) is 0 Å². The molecule has 0 aliphatic carbocycles. The van der Waals surface area contributed by atoms with Crippen molar-refractivity contribution in [3.8, 4) is 0 Å². The van der Waals surface area contributed by atoms with Gasteiger partial charge < -0.3 is 30.7 Å². The smallest absolute Gasteiger partial charge is 0.320 e. The van der Waals surface area contributed by atoms with Crippen molar-refractivity contribution in [2.24, 2.45) is 5.73 Å². The Morgan fingerprint density at radius 3 is 2.50 bits per heavy atom. The monoisotopic (exact) mass is 575 g/mol. The van der Waals surface area contributed by atoms with E-state index in [0.717, 1.165) is 36.0 Å². The van der Waals surface area contributed by atoms with Gasteiger partial charge >= 0.3 is 6.03 Å². The maximum atomic E-state index is 14.1.